The van der Waals surface area contributed by atoms with Gasteiger partial charge in [-0.3, -0.25) is 0 Å². The maximum atomic E-state index is 9.72. The molecule has 84 valence electrons. The molecule has 0 unspecified atom stereocenters. The number of aromatic hydroxyl groups is 1. The van der Waals surface area contributed by atoms with E-state index in [1.54, 1.807) is 12.1 Å². The lowest BCUT2D eigenvalue weighted by Gasteiger charge is -1.98. The van der Waals surface area contributed by atoms with E-state index in [2.05, 4.69) is 4.98 Å². The monoisotopic (exact) mass is 217 g/mol. The van der Waals surface area contributed by atoms with E-state index in [0.717, 1.165) is 23.5 Å². The average molecular weight is 217 g/mol. The van der Waals surface area contributed by atoms with E-state index < -0.39 is 0 Å². The molecule has 1 aromatic carbocycles. The van der Waals surface area contributed by atoms with Crippen LogP contribution < -0.4 is 5.73 Å². The molecule has 0 bridgehead atoms. The number of nitrogens with zero attached hydrogens (tertiary/aromatic N) is 2. The van der Waals surface area contributed by atoms with Gasteiger partial charge in [-0.2, -0.15) is 0 Å². The molecule has 4 heteroatoms. The van der Waals surface area contributed by atoms with Crippen molar-refractivity contribution in [1.82, 2.24) is 9.55 Å². The molecular formula is C12H15N3O. The number of hydrogen-bond donors (Lipinski definition) is 2. The molecule has 0 aliphatic heterocycles. The minimum absolute atomic E-state index is 0.250. The van der Waals surface area contributed by atoms with E-state index in [1.165, 1.54) is 0 Å². The number of aromatic nitrogens is 2. The van der Waals surface area contributed by atoms with Crippen LogP contribution in [-0.4, -0.2) is 21.2 Å². The molecule has 0 spiro atoms. The van der Waals surface area contributed by atoms with Crippen LogP contribution in [0.25, 0.3) is 11.3 Å². The first kappa shape index (κ1) is 10.7. The summed E-state index contributed by atoms with van der Waals surface area (Å²) in [6.45, 7) is 0.574. The Kier molecular flexibility index (Phi) is 2.92. The third-order valence-corrected chi connectivity index (χ3v) is 2.52. The molecule has 0 saturated carbocycles. The summed E-state index contributed by atoms with van der Waals surface area (Å²) >= 11 is 0. The zero-order chi connectivity index (χ0) is 11.5. The third-order valence-electron chi connectivity index (χ3n) is 2.52. The van der Waals surface area contributed by atoms with Crippen LogP contribution in [0, 0.1) is 0 Å². The normalized spacial score (nSPS) is 10.6. The third kappa shape index (κ3) is 1.92. The van der Waals surface area contributed by atoms with Gasteiger partial charge in [0.25, 0.3) is 0 Å². The van der Waals surface area contributed by atoms with Crippen molar-refractivity contribution in [3.63, 3.8) is 0 Å². The molecule has 2 rings (SSSR count). The van der Waals surface area contributed by atoms with Crippen LogP contribution in [-0.2, 0) is 13.5 Å². The lowest BCUT2D eigenvalue weighted by molar-refractivity contribution is 0.477. The zero-order valence-electron chi connectivity index (χ0n) is 9.22. The SMILES string of the molecule is Cn1cc(-c2ccccc2O)nc1CCN. The Hall–Kier alpha value is -1.81. The Labute approximate surface area is 94.4 Å². The molecule has 1 aromatic heterocycles. The van der Waals surface area contributed by atoms with Gasteiger partial charge in [-0.25, -0.2) is 4.98 Å². The Bertz CT molecular complexity index is 491. The highest BCUT2D eigenvalue weighted by atomic mass is 16.3. The summed E-state index contributed by atoms with van der Waals surface area (Å²) in [5.41, 5.74) is 7.04. The van der Waals surface area contributed by atoms with E-state index in [1.807, 2.05) is 29.9 Å². The second kappa shape index (κ2) is 4.37. The first-order chi connectivity index (χ1) is 7.72. The summed E-state index contributed by atoms with van der Waals surface area (Å²) in [4.78, 5) is 4.45. The van der Waals surface area contributed by atoms with Gasteiger partial charge in [0.05, 0.1) is 5.69 Å². The fourth-order valence-corrected chi connectivity index (χ4v) is 1.69. The van der Waals surface area contributed by atoms with Gasteiger partial charge in [0, 0.05) is 25.2 Å². The summed E-state index contributed by atoms with van der Waals surface area (Å²) in [5, 5.41) is 9.72. The van der Waals surface area contributed by atoms with Gasteiger partial charge in [-0.1, -0.05) is 12.1 Å². The van der Waals surface area contributed by atoms with E-state index in [9.17, 15) is 5.11 Å². The quantitative estimate of drug-likeness (QED) is 0.814. The second-order valence-electron chi connectivity index (χ2n) is 3.71. The fourth-order valence-electron chi connectivity index (χ4n) is 1.69. The van der Waals surface area contributed by atoms with Crippen molar-refractivity contribution in [3.05, 3.63) is 36.3 Å². The van der Waals surface area contributed by atoms with Gasteiger partial charge in [-0.15, -0.1) is 0 Å². The Morgan fingerprint density at radius 1 is 1.38 bits per heavy atom. The lowest BCUT2D eigenvalue weighted by atomic mass is 10.1. The van der Waals surface area contributed by atoms with Crippen molar-refractivity contribution in [2.75, 3.05) is 6.54 Å². The number of imidazole rings is 1. The lowest BCUT2D eigenvalue weighted by Crippen LogP contribution is -2.07. The van der Waals surface area contributed by atoms with E-state index >= 15 is 0 Å². The number of phenolic OH excluding ortho intramolecular Hbond substituents is 1. The van der Waals surface area contributed by atoms with Gasteiger partial charge >= 0.3 is 0 Å². The standard InChI is InChI=1S/C12H15N3O/c1-15-8-10(14-12(15)6-7-13)9-4-2-3-5-11(9)16/h2-5,8,16H,6-7,13H2,1H3. The Morgan fingerprint density at radius 2 is 2.12 bits per heavy atom. The van der Waals surface area contributed by atoms with Crippen molar-refractivity contribution in [3.8, 4) is 17.0 Å². The molecule has 1 heterocycles. The van der Waals surface area contributed by atoms with E-state index in [4.69, 9.17) is 5.73 Å². The van der Waals surface area contributed by atoms with Gasteiger partial charge < -0.3 is 15.4 Å². The van der Waals surface area contributed by atoms with Gasteiger partial charge in [0.1, 0.15) is 11.6 Å². The molecular weight excluding hydrogens is 202 g/mol. The summed E-state index contributed by atoms with van der Waals surface area (Å²) in [7, 11) is 1.93. The molecule has 0 atom stereocenters. The average Bonchev–Trinajstić information content (AvgIpc) is 2.61. The molecule has 0 aliphatic rings. The maximum Gasteiger partial charge on any atom is 0.125 e. The van der Waals surface area contributed by atoms with E-state index in [-0.39, 0.29) is 5.75 Å². The largest absolute Gasteiger partial charge is 0.507 e. The molecule has 2 aromatic rings. The second-order valence-corrected chi connectivity index (χ2v) is 3.71. The number of benzene rings is 1. The molecule has 0 radical (unpaired) electrons. The van der Waals surface area contributed by atoms with Crippen molar-refractivity contribution in [2.24, 2.45) is 12.8 Å². The zero-order valence-corrected chi connectivity index (χ0v) is 9.22. The maximum absolute atomic E-state index is 9.72. The van der Waals surface area contributed by atoms with Crippen LogP contribution in [0.1, 0.15) is 5.82 Å². The summed E-state index contributed by atoms with van der Waals surface area (Å²) in [6.07, 6.45) is 2.64. The molecule has 4 nitrogen and oxygen atoms in total. The number of hydrogen-bond acceptors (Lipinski definition) is 3. The van der Waals surface area contributed by atoms with Gasteiger partial charge in [-0.05, 0) is 18.7 Å². The highest BCUT2D eigenvalue weighted by molar-refractivity contribution is 5.66. The number of nitrogens with two attached hydrogens (primary N) is 1. The van der Waals surface area contributed by atoms with Crippen LogP contribution in [0.5, 0.6) is 5.75 Å². The number of phenols is 1. The topological polar surface area (TPSA) is 64.1 Å². The van der Waals surface area contributed by atoms with Crippen LogP contribution in [0.3, 0.4) is 0 Å². The molecule has 16 heavy (non-hydrogen) atoms. The first-order valence-electron chi connectivity index (χ1n) is 5.23. The van der Waals surface area contributed by atoms with Crippen LogP contribution in [0.4, 0.5) is 0 Å². The molecule has 0 amide bonds. The predicted molar refractivity (Wildman–Crippen MR) is 63.1 cm³/mol. The van der Waals surface area contributed by atoms with Gasteiger partial charge in [0.15, 0.2) is 0 Å². The molecule has 0 saturated heterocycles. The Balaban J connectivity index is 2.42. The highest BCUT2D eigenvalue weighted by Crippen LogP contribution is 2.27. The highest BCUT2D eigenvalue weighted by Gasteiger charge is 2.09. The predicted octanol–water partition coefficient (Wildman–Crippen LogP) is 1.29. The van der Waals surface area contributed by atoms with Gasteiger partial charge in [0.2, 0.25) is 0 Å². The van der Waals surface area contributed by atoms with Crippen molar-refractivity contribution < 1.29 is 5.11 Å². The molecule has 0 aliphatic carbocycles. The fraction of sp³-hybridized carbons (Fsp3) is 0.250. The van der Waals surface area contributed by atoms with Crippen molar-refractivity contribution >= 4 is 0 Å². The number of aryl methyl sites for hydroxylation is 1. The first-order valence-corrected chi connectivity index (χ1v) is 5.23. The molecule has 3 N–H and O–H groups in total. The number of para-hydroxylation sites is 1. The van der Waals surface area contributed by atoms with Crippen molar-refractivity contribution in [1.29, 1.82) is 0 Å². The van der Waals surface area contributed by atoms with Crippen LogP contribution in [0.2, 0.25) is 0 Å². The van der Waals surface area contributed by atoms with E-state index in [0.29, 0.717) is 6.54 Å². The van der Waals surface area contributed by atoms with Crippen molar-refractivity contribution in [2.45, 2.75) is 6.42 Å². The van der Waals surface area contributed by atoms with Crippen LogP contribution >= 0.6 is 0 Å². The van der Waals surface area contributed by atoms with Crippen LogP contribution in [0.15, 0.2) is 30.5 Å². The number of rotatable bonds is 3. The summed E-state index contributed by atoms with van der Waals surface area (Å²) in [6, 6.07) is 7.19. The molecule has 0 fully saturated rings. The minimum atomic E-state index is 0.250. The summed E-state index contributed by atoms with van der Waals surface area (Å²) < 4.78 is 1.94. The smallest absolute Gasteiger partial charge is 0.125 e. The minimum Gasteiger partial charge on any atom is -0.507 e. The Morgan fingerprint density at radius 3 is 2.81 bits per heavy atom. The summed E-state index contributed by atoms with van der Waals surface area (Å²) in [5.74, 6) is 1.18.